The average Bonchev–Trinajstić information content (AvgIpc) is 2.64. The minimum atomic E-state index is -0.0466. The second kappa shape index (κ2) is 5.28. The molecule has 1 unspecified atom stereocenters. The summed E-state index contributed by atoms with van der Waals surface area (Å²) in [6.07, 6.45) is 0.950. The lowest BCUT2D eigenvalue weighted by Gasteiger charge is -2.25. The van der Waals surface area contributed by atoms with Gasteiger partial charge in [0.05, 0.1) is 12.2 Å². The molecule has 1 rings (SSSR count). The van der Waals surface area contributed by atoms with E-state index >= 15 is 0 Å². The summed E-state index contributed by atoms with van der Waals surface area (Å²) in [4.78, 5) is 0. The molecule has 1 aromatic heterocycles. The average molecular weight is 212 g/mol. The van der Waals surface area contributed by atoms with E-state index in [4.69, 9.17) is 4.52 Å². The van der Waals surface area contributed by atoms with Gasteiger partial charge >= 0.3 is 0 Å². The molecule has 1 heterocycles. The summed E-state index contributed by atoms with van der Waals surface area (Å²) in [5, 5.41) is 16.3. The van der Waals surface area contributed by atoms with E-state index in [0.717, 1.165) is 24.4 Å². The van der Waals surface area contributed by atoms with Gasteiger partial charge in [0.25, 0.3) is 0 Å². The molecule has 0 aromatic carbocycles. The predicted molar refractivity (Wildman–Crippen MR) is 58.4 cm³/mol. The monoisotopic (exact) mass is 212 g/mol. The molecule has 1 aromatic rings. The third-order valence-electron chi connectivity index (χ3n) is 2.76. The van der Waals surface area contributed by atoms with Gasteiger partial charge in [-0.05, 0) is 13.3 Å². The van der Waals surface area contributed by atoms with Gasteiger partial charge < -0.3 is 14.9 Å². The molecule has 0 saturated carbocycles. The summed E-state index contributed by atoms with van der Waals surface area (Å²) in [6, 6.07) is 1.91. The predicted octanol–water partition coefficient (Wildman–Crippen LogP) is 1.48. The molecular weight excluding hydrogens is 192 g/mol. The van der Waals surface area contributed by atoms with Gasteiger partial charge in [-0.2, -0.15) is 0 Å². The van der Waals surface area contributed by atoms with Crippen LogP contribution in [0.3, 0.4) is 0 Å². The van der Waals surface area contributed by atoms with Crippen LogP contribution in [0.4, 0.5) is 0 Å². The molecule has 1 atom stereocenters. The molecule has 15 heavy (non-hydrogen) atoms. The van der Waals surface area contributed by atoms with Gasteiger partial charge in [0.1, 0.15) is 0 Å². The second-order valence-corrected chi connectivity index (χ2v) is 4.36. The first-order valence-corrected chi connectivity index (χ1v) is 5.33. The summed E-state index contributed by atoms with van der Waals surface area (Å²) < 4.78 is 5.07. The van der Waals surface area contributed by atoms with E-state index in [2.05, 4.69) is 24.3 Å². The van der Waals surface area contributed by atoms with Crippen molar-refractivity contribution in [1.29, 1.82) is 0 Å². The Hall–Kier alpha value is -0.870. The Morgan fingerprint density at radius 3 is 2.80 bits per heavy atom. The first-order valence-electron chi connectivity index (χ1n) is 5.33. The van der Waals surface area contributed by atoms with Crippen molar-refractivity contribution in [3.8, 4) is 0 Å². The van der Waals surface area contributed by atoms with Crippen LogP contribution >= 0.6 is 0 Å². The van der Waals surface area contributed by atoms with Gasteiger partial charge in [0, 0.05) is 24.6 Å². The zero-order valence-corrected chi connectivity index (χ0v) is 9.71. The molecule has 0 fully saturated rings. The third kappa shape index (κ3) is 3.64. The van der Waals surface area contributed by atoms with Crippen LogP contribution in [0.5, 0.6) is 0 Å². The van der Waals surface area contributed by atoms with Crippen molar-refractivity contribution in [3.05, 3.63) is 17.5 Å². The van der Waals surface area contributed by atoms with Crippen LogP contribution in [-0.2, 0) is 6.54 Å². The third-order valence-corrected chi connectivity index (χ3v) is 2.76. The standard InChI is InChI=1S/C11H20N2O2/c1-4-11(3,8-14)7-12-6-10-5-9(2)13-15-10/h5,12,14H,4,6-8H2,1-3H3. The van der Waals surface area contributed by atoms with E-state index in [0.29, 0.717) is 6.54 Å². The molecule has 0 saturated heterocycles. The first kappa shape index (κ1) is 12.2. The minimum absolute atomic E-state index is 0.0466. The van der Waals surface area contributed by atoms with Gasteiger partial charge in [0.2, 0.25) is 0 Å². The van der Waals surface area contributed by atoms with Gasteiger partial charge in [0.15, 0.2) is 5.76 Å². The van der Waals surface area contributed by atoms with Crippen molar-refractivity contribution in [2.75, 3.05) is 13.2 Å². The highest BCUT2D eigenvalue weighted by Crippen LogP contribution is 2.18. The van der Waals surface area contributed by atoms with Crippen molar-refractivity contribution < 1.29 is 9.63 Å². The fourth-order valence-electron chi connectivity index (χ4n) is 1.28. The number of rotatable bonds is 6. The molecule has 86 valence electrons. The lowest BCUT2D eigenvalue weighted by molar-refractivity contribution is 0.134. The van der Waals surface area contributed by atoms with Gasteiger partial charge in [-0.3, -0.25) is 0 Å². The van der Waals surface area contributed by atoms with Crippen LogP contribution in [0.1, 0.15) is 31.7 Å². The van der Waals surface area contributed by atoms with Crippen LogP contribution in [-0.4, -0.2) is 23.4 Å². The smallest absolute Gasteiger partial charge is 0.150 e. The minimum Gasteiger partial charge on any atom is -0.396 e. The fraction of sp³-hybridized carbons (Fsp3) is 0.727. The Balaban J connectivity index is 2.32. The van der Waals surface area contributed by atoms with Crippen LogP contribution in [0.15, 0.2) is 10.6 Å². The molecular formula is C11H20N2O2. The molecule has 0 aliphatic heterocycles. The fourth-order valence-corrected chi connectivity index (χ4v) is 1.28. The molecule has 0 radical (unpaired) electrons. The lowest BCUT2D eigenvalue weighted by atomic mass is 9.89. The van der Waals surface area contributed by atoms with Gasteiger partial charge in [-0.1, -0.05) is 19.0 Å². The van der Waals surface area contributed by atoms with Gasteiger partial charge in [-0.15, -0.1) is 0 Å². The Bertz CT molecular complexity index is 293. The van der Waals surface area contributed by atoms with E-state index in [1.54, 1.807) is 0 Å². The molecule has 2 N–H and O–H groups in total. The number of aromatic nitrogens is 1. The topological polar surface area (TPSA) is 58.3 Å². The van der Waals surface area contributed by atoms with Crippen molar-refractivity contribution in [2.24, 2.45) is 5.41 Å². The van der Waals surface area contributed by atoms with Crippen molar-refractivity contribution in [1.82, 2.24) is 10.5 Å². The molecule has 0 aliphatic carbocycles. The highest BCUT2D eigenvalue weighted by atomic mass is 16.5. The summed E-state index contributed by atoms with van der Waals surface area (Å²) in [5.74, 6) is 0.837. The van der Waals surface area contributed by atoms with E-state index in [9.17, 15) is 5.11 Å². The highest BCUT2D eigenvalue weighted by molar-refractivity contribution is 5.02. The summed E-state index contributed by atoms with van der Waals surface area (Å²) >= 11 is 0. The normalized spacial score (nSPS) is 15.2. The second-order valence-electron chi connectivity index (χ2n) is 4.36. The van der Waals surface area contributed by atoms with Crippen molar-refractivity contribution >= 4 is 0 Å². The number of hydrogen-bond acceptors (Lipinski definition) is 4. The van der Waals surface area contributed by atoms with E-state index in [-0.39, 0.29) is 12.0 Å². The molecule has 4 heteroatoms. The van der Waals surface area contributed by atoms with E-state index < -0.39 is 0 Å². The Labute approximate surface area is 90.7 Å². The summed E-state index contributed by atoms with van der Waals surface area (Å²) in [7, 11) is 0. The number of aryl methyl sites for hydroxylation is 1. The maximum atomic E-state index is 9.21. The number of aliphatic hydroxyl groups excluding tert-OH is 1. The number of nitrogens with one attached hydrogen (secondary N) is 1. The molecule has 0 spiro atoms. The van der Waals surface area contributed by atoms with Crippen LogP contribution in [0, 0.1) is 12.3 Å². The Morgan fingerprint density at radius 1 is 1.60 bits per heavy atom. The molecule has 4 nitrogen and oxygen atoms in total. The van der Waals surface area contributed by atoms with Crippen molar-refractivity contribution in [3.63, 3.8) is 0 Å². The Kier molecular flexibility index (Phi) is 4.29. The Morgan fingerprint density at radius 2 is 2.33 bits per heavy atom. The largest absolute Gasteiger partial charge is 0.396 e. The van der Waals surface area contributed by atoms with Crippen LogP contribution in [0.2, 0.25) is 0 Å². The van der Waals surface area contributed by atoms with E-state index in [1.807, 2.05) is 13.0 Å². The van der Waals surface area contributed by atoms with Gasteiger partial charge in [-0.25, -0.2) is 0 Å². The zero-order valence-electron chi connectivity index (χ0n) is 9.71. The number of hydrogen-bond donors (Lipinski definition) is 2. The highest BCUT2D eigenvalue weighted by Gasteiger charge is 2.20. The van der Waals surface area contributed by atoms with Crippen molar-refractivity contribution in [2.45, 2.75) is 33.7 Å². The summed E-state index contributed by atoms with van der Waals surface area (Å²) in [6.45, 7) is 7.68. The quantitative estimate of drug-likeness (QED) is 0.750. The van der Waals surface area contributed by atoms with Crippen LogP contribution in [0.25, 0.3) is 0 Å². The van der Waals surface area contributed by atoms with E-state index in [1.165, 1.54) is 0 Å². The zero-order chi connectivity index (χ0) is 11.3. The number of aliphatic hydroxyl groups is 1. The van der Waals surface area contributed by atoms with Crippen LogP contribution < -0.4 is 5.32 Å². The SMILES string of the molecule is CCC(C)(CO)CNCc1cc(C)no1. The number of nitrogens with zero attached hydrogens (tertiary/aromatic N) is 1. The maximum absolute atomic E-state index is 9.21. The molecule has 0 amide bonds. The molecule has 0 bridgehead atoms. The first-order chi connectivity index (χ1) is 7.09. The lowest BCUT2D eigenvalue weighted by Crippen LogP contribution is -2.33. The summed E-state index contributed by atoms with van der Waals surface area (Å²) in [5.41, 5.74) is 0.849. The maximum Gasteiger partial charge on any atom is 0.150 e. The molecule has 0 aliphatic rings.